The molecule has 0 aliphatic carbocycles. The Morgan fingerprint density at radius 3 is 2.43 bits per heavy atom. The van der Waals surface area contributed by atoms with Gasteiger partial charge in [0.15, 0.2) is 0 Å². The Kier molecular flexibility index (Phi) is 4.15. The number of benzene rings is 1. The van der Waals surface area contributed by atoms with Crippen molar-refractivity contribution in [2.24, 2.45) is 5.92 Å². The third-order valence-corrected chi connectivity index (χ3v) is 3.47. The third kappa shape index (κ3) is 3.33. The largest absolute Gasteiger partial charge is 0.481 e. The first-order chi connectivity index (χ1) is 9.88. The van der Waals surface area contributed by atoms with Gasteiger partial charge in [-0.15, -0.1) is 0 Å². The number of hydrogen-bond donors (Lipinski definition) is 1. The van der Waals surface area contributed by atoms with Crippen LogP contribution in [-0.2, 0) is 4.79 Å². The van der Waals surface area contributed by atoms with E-state index in [1.807, 2.05) is 0 Å². The Hall–Kier alpha value is -2.51. The Balaban J connectivity index is 2.14. The van der Waals surface area contributed by atoms with Crippen molar-refractivity contribution in [1.29, 1.82) is 0 Å². The molecule has 0 saturated carbocycles. The SMILES string of the molecule is O=C(O)C1CCN(C(=O)c2cc(F)cc([N+](=O)[O-])c2)CC1. The zero-order valence-corrected chi connectivity index (χ0v) is 11.0. The van der Waals surface area contributed by atoms with Gasteiger partial charge in [-0.3, -0.25) is 19.7 Å². The minimum absolute atomic E-state index is 0.101. The van der Waals surface area contributed by atoms with Crippen LogP contribution in [-0.4, -0.2) is 39.9 Å². The Morgan fingerprint density at radius 1 is 1.29 bits per heavy atom. The van der Waals surface area contributed by atoms with E-state index in [0.29, 0.717) is 12.8 Å². The van der Waals surface area contributed by atoms with Crippen LogP contribution in [0.4, 0.5) is 10.1 Å². The number of likely N-dealkylation sites (tertiary alicyclic amines) is 1. The van der Waals surface area contributed by atoms with Gasteiger partial charge in [-0.25, -0.2) is 4.39 Å². The summed E-state index contributed by atoms with van der Waals surface area (Å²) in [6, 6.07) is 2.71. The van der Waals surface area contributed by atoms with E-state index >= 15 is 0 Å². The molecular weight excluding hydrogens is 283 g/mol. The highest BCUT2D eigenvalue weighted by Gasteiger charge is 2.28. The van der Waals surface area contributed by atoms with Crippen molar-refractivity contribution >= 4 is 17.6 Å². The molecule has 8 heteroatoms. The number of carbonyl (C=O) groups is 2. The van der Waals surface area contributed by atoms with Crippen molar-refractivity contribution in [2.45, 2.75) is 12.8 Å². The Bertz CT molecular complexity index is 596. The van der Waals surface area contributed by atoms with Gasteiger partial charge < -0.3 is 10.0 Å². The molecule has 1 aromatic carbocycles. The summed E-state index contributed by atoms with van der Waals surface area (Å²) in [6.07, 6.45) is 0.636. The number of nitrogens with zero attached hydrogens (tertiary/aromatic N) is 2. The fraction of sp³-hybridized carbons (Fsp3) is 0.385. The summed E-state index contributed by atoms with van der Waals surface area (Å²) < 4.78 is 13.3. The second kappa shape index (κ2) is 5.86. The van der Waals surface area contributed by atoms with Crippen LogP contribution in [0.25, 0.3) is 0 Å². The number of hydrogen-bond acceptors (Lipinski definition) is 4. The second-order valence-corrected chi connectivity index (χ2v) is 4.86. The van der Waals surface area contributed by atoms with Crippen molar-refractivity contribution in [3.8, 4) is 0 Å². The monoisotopic (exact) mass is 296 g/mol. The second-order valence-electron chi connectivity index (χ2n) is 4.86. The molecule has 1 aliphatic rings. The van der Waals surface area contributed by atoms with E-state index < -0.39 is 34.2 Å². The molecule has 0 bridgehead atoms. The molecule has 0 atom stereocenters. The maximum absolute atomic E-state index is 13.3. The highest BCUT2D eigenvalue weighted by molar-refractivity contribution is 5.95. The lowest BCUT2D eigenvalue weighted by Gasteiger charge is -2.30. The molecule has 1 saturated heterocycles. The molecular formula is C13H13FN2O5. The number of carboxylic acid groups (broad SMARTS) is 1. The summed E-state index contributed by atoms with van der Waals surface area (Å²) in [6.45, 7) is 0.472. The number of halogens is 1. The number of piperidine rings is 1. The fourth-order valence-electron chi connectivity index (χ4n) is 2.32. The van der Waals surface area contributed by atoms with Gasteiger partial charge in [-0.1, -0.05) is 0 Å². The minimum atomic E-state index is -0.900. The first-order valence-electron chi connectivity index (χ1n) is 6.35. The van der Waals surface area contributed by atoms with E-state index in [9.17, 15) is 24.1 Å². The molecule has 1 aromatic rings. The molecule has 21 heavy (non-hydrogen) atoms. The topological polar surface area (TPSA) is 101 Å². The van der Waals surface area contributed by atoms with Gasteiger partial charge in [0.2, 0.25) is 0 Å². The fourth-order valence-corrected chi connectivity index (χ4v) is 2.32. The molecule has 112 valence electrons. The highest BCUT2D eigenvalue weighted by Crippen LogP contribution is 2.22. The van der Waals surface area contributed by atoms with E-state index in [-0.39, 0.29) is 18.7 Å². The molecule has 7 nitrogen and oxygen atoms in total. The average molecular weight is 296 g/mol. The number of aliphatic carboxylic acids is 1. The Morgan fingerprint density at radius 2 is 1.90 bits per heavy atom. The van der Waals surface area contributed by atoms with E-state index in [4.69, 9.17) is 5.11 Å². The number of carbonyl (C=O) groups excluding carboxylic acids is 1. The molecule has 1 fully saturated rings. The molecule has 1 heterocycles. The zero-order valence-electron chi connectivity index (χ0n) is 11.0. The van der Waals surface area contributed by atoms with Crippen LogP contribution in [0, 0.1) is 21.8 Å². The minimum Gasteiger partial charge on any atom is -0.481 e. The van der Waals surface area contributed by atoms with Crippen LogP contribution in [0.2, 0.25) is 0 Å². The maximum atomic E-state index is 13.3. The van der Waals surface area contributed by atoms with E-state index in [1.165, 1.54) is 4.90 Å². The number of amides is 1. The normalized spacial score (nSPS) is 15.8. The van der Waals surface area contributed by atoms with E-state index in [0.717, 1.165) is 18.2 Å². The zero-order chi connectivity index (χ0) is 15.6. The van der Waals surface area contributed by atoms with Crippen LogP contribution in [0.3, 0.4) is 0 Å². The summed E-state index contributed by atoms with van der Waals surface area (Å²) in [5.74, 6) is -2.77. The van der Waals surface area contributed by atoms with Crippen LogP contribution < -0.4 is 0 Å². The molecule has 1 aliphatic heterocycles. The number of non-ortho nitro benzene ring substituents is 1. The van der Waals surface area contributed by atoms with Crippen molar-refractivity contribution in [3.05, 3.63) is 39.7 Å². The number of nitro benzene ring substituents is 1. The van der Waals surface area contributed by atoms with E-state index in [1.54, 1.807) is 0 Å². The van der Waals surface area contributed by atoms with Crippen molar-refractivity contribution in [3.63, 3.8) is 0 Å². The molecule has 0 spiro atoms. The lowest BCUT2D eigenvalue weighted by atomic mass is 9.96. The predicted molar refractivity (Wildman–Crippen MR) is 69.3 cm³/mol. The van der Waals surface area contributed by atoms with Crippen LogP contribution in [0.5, 0.6) is 0 Å². The molecule has 0 unspecified atom stereocenters. The molecule has 0 aromatic heterocycles. The van der Waals surface area contributed by atoms with Gasteiger partial charge in [0.25, 0.3) is 11.6 Å². The van der Waals surface area contributed by atoms with Gasteiger partial charge in [0, 0.05) is 24.7 Å². The summed E-state index contributed by atoms with van der Waals surface area (Å²) in [4.78, 5) is 34.3. The van der Waals surface area contributed by atoms with Gasteiger partial charge in [-0.05, 0) is 18.9 Å². The van der Waals surface area contributed by atoms with Crippen molar-refractivity contribution < 1.29 is 24.0 Å². The van der Waals surface area contributed by atoms with E-state index in [2.05, 4.69) is 0 Å². The quantitative estimate of drug-likeness (QED) is 0.675. The standard InChI is InChI=1S/C13H13FN2O5/c14-10-5-9(6-11(7-10)16(20)21)12(17)15-3-1-8(2-4-15)13(18)19/h5-8H,1-4H2,(H,18,19). The molecule has 1 amide bonds. The van der Waals surface area contributed by atoms with Gasteiger partial charge in [0.05, 0.1) is 16.9 Å². The number of carboxylic acids is 1. The maximum Gasteiger partial charge on any atom is 0.306 e. The average Bonchev–Trinajstić information content (AvgIpc) is 2.45. The first kappa shape index (κ1) is 14.9. The van der Waals surface area contributed by atoms with Gasteiger partial charge >= 0.3 is 5.97 Å². The molecule has 0 radical (unpaired) electrons. The lowest BCUT2D eigenvalue weighted by molar-refractivity contribution is -0.385. The third-order valence-electron chi connectivity index (χ3n) is 3.47. The summed E-state index contributed by atoms with van der Waals surface area (Å²) >= 11 is 0. The summed E-state index contributed by atoms with van der Waals surface area (Å²) in [5.41, 5.74) is -0.589. The molecule has 1 N–H and O–H groups in total. The summed E-state index contributed by atoms with van der Waals surface area (Å²) in [7, 11) is 0. The van der Waals surface area contributed by atoms with Gasteiger partial charge in [0.1, 0.15) is 5.82 Å². The first-order valence-corrected chi connectivity index (χ1v) is 6.35. The predicted octanol–water partition coefficient (Wildman–Crippen LogP) is 1.67. The summed E-state index contributed by atoms with van der Waals surface area (Å²) in [5, 5.41) is 19.6. The van der Waals surface area contributed by atoms with Gasteiger partial charge in [-0.2, -0.15) is 0 Å². The van der Waals surface area contributed by atoms with Crippen molar-refractivity contribution in [2.75, 3.05) is 13.1 Å². The molecule has 2 rings (SSSR count). The smallest absolute Gasteiger partial charge is 0.306 e. The van der Waals surface area contributed by atoms with Crippen LogP contribution >= 0.6 is 0 Å². The number of rotatable bonds is 3. The van der Waals surface area contributed by atoms with Crippen molar-refractivity contribution in [1.82, 2.24) is 4.90 Å². The highest BCUT2D eigenvalue weighted by atomic mass is 19.1. The van der Waals surface area contributed by atoms with Crippen LogP contribution in [0.15, 0.2) is 18.2 Å². The van der Waals surface area contributed by atoms with Crippen LogP contribution in [0.1, 0.15) is 23.2 Å². The number of nitro groups is 1. The Labute approximate surface area is 119 Å². The lowest BCUT2D eigenvalue weighted by Crippen LogP contribution is -2.40.